The summed E-state index contributed by atoms with van der Waals surface area (Å²) < 4.78 is 5.65. The van der Waals surface area contributed by atoms with E-state index in [9.17, 15) is 10.1 Å². The van der Waals surface area contributed by atoms with Gasteiger partial charge >= 0.3 is 0 Å². The van der Waals surface area contributed by atoms with Gasteiger partial charge in [-0.05, 0) is 53.9 Å². The van der Waals surface area contributed by atoms with Gasteiger partial charge in [0.2, 0.25) is 0 Å². The van der Waals surface area contributed by atoms with Crippen LogP contribution < -0.4 is 15.4 Å². The number of hydrogen-bond acceptors (Lipinski definition) is 5. The fraction of sp³-hybridized carbons (Fsp3) is 0.500. The first-order valence-corrected chi connectivity index (χ1v) is 8.91. The van der Waals surface area contributed by atoms with Crippen molar-refractivity contribution >= 4 is 5.91 Å². The summed E-state index contributed by atoms with van der Waals surface area (Å²) in [4.78, 5) is 14.5. The maximum Gasteiger partial charge on any atom is 0.263 e. The van der Waals surface area contributed by atoms with Crippen LogP contribution in [-0.2, 0) is 4.79 Å². The van der Waals surface area contributed by atoms with Crippen LogP contribution in [0.15, 0.2) is 30.0 Å². The van der Waals surface area contributed by atoms with E-state index in [1.54, 1.807) is 0 Å². The molecule has 142 valence electrons. The van der Waals surface area contributed by atoms with Gasteiger partial charge in [0.25, 0.3) is 5.91 Å². The maximum atomic E-state index is 12.4. The van der Waals surface area contributed by atoms with Gasteiger partial charge in [-0.3, -0.25) is 4.79 Å². The van der Waals surface area contributed by atoms with Crippen molar-refractivity contribution in [2.75, 3.05) is 33.8 Å². The van der Waals surface area contributed by atoms with Crippen molar-refractivity contribution in [1.82, 2.24) is 15.5 Å². The molecule has 0 fully saturated rings. The quantitative estimate of drug-likeness (QED) is 0.382. The molecule has 0 saturated heterocycles. The second-order valence-electron chi connectivity index (χ2n) is 6.45. The number of ether oxygens (including phenoxy) is 1. The summed E-state index contributed by atoms with van der Waals surface area (Å²) in [6.45, 7) is 8.00. The molecule has 1 aromatic carbocycles. The molecule has 0 spiro atoms. The molecule has 1 unspecified atom stereocenters. The van der Waals surface area contributed by atoms with Crippen LogP contribution in [-0.4, -0.2) is 44.6 Å². The van der Waals surface area contributed by atoms with Crippen molar-refractivity contribution in [3.8, 4) is 11.8 Å². The third-order valence-electron chi connectivity index (χ3n) is 3.82. The first-order chi connectivity index (χ1) is 12.4. The topological polar surface area (TPSA) is 77.4 Å². The molecule has 0 heterocycles. The summed E-state index contributed by atoms with van der Waals surface area (Å²) in [6, 6.07) is 7.56. The van der Waals surface area contributed by atoms with Gasteiger partial charge in [0.15, 0.2) is 0 Å². The Labute approximate surface area is 156 Å². The summed E-state index contributed by atoms with van der Waals surface area (Å²) in [6.07, 6.45) is 2.42. The van der Waals surface area contributed by atoms with Crippen LogP contribution in [0.2, 0.25) is 0 Å². The highest BCUT2D eigenvalue weighted by Crippen LogP contribution is 2.26. The van der Waals surface area contributed by atoms with Gasteiger partial charge in [0.05, 0.1) is 12.6 Å². The van der Waals surface area contributed by atoms with Gasteiger partial charge in [0.1, 0.15) is 17.4 Å². The molecule has 0 aromatic heterocycles. The average Bonchev–Trinajstić information content (AvgIpc) is 2.59. The number of nitriles is 1. The molecule has 2 N–H and O–H groups in total. The minimum absolute atomic E-state index is 0.0623. The van der Waals surface area contributed by atoms with Crippen LogP contribution in [0, 0.1) is 18.3 Å². The van der Waals surface area contributed by atoms with E-state index in [1.807, 2.05) is 59.1 Å². The molecule has 6 heteroatoms. The Morgan fingerprint density at radius 2 is 2.15 bits per heavy atom. The molecule has 0 aliphatic rings. The number of amides is 1. The van der Waals surface area contributed by atoms with Crippen LogP contribution in [0.3, 0.4) is 0 Å². The number of rotatable bonds is 10. The zero-order chi connectivity index (χ0) is 19.5. The minimum Gasteiger partial charge on any atom is -0.494 e. The van der Waals surface area contributed by atoms with Crippen LogP contribution in [0.1, 0.15) is 37.4 Å². The van der Waals surface area contributed by atoms with Crippen LogP contribution in [0.25, 0.3) is 0 Å². The Morgan fingerprint density at radius 3 is 2.77 bits per heavy atom. The van der Waals surface area contributed by atoms with E-state index in [0.29, 0.717) is 13.2 Å². The second-order valence-corrected chi connectivity index (χ2v) is 6.45. The fourth-order valence-electron chi connectivity index (χ4n) is 2.47. The summed E-state index contributed by atoms with van der Waals surface area (Å²) in [5.41, 5.74) is 2.05. The van der Waals surface area contributed by atoms with Gasteiger partial charge in [-0.15, -0.1) is 0 Å². The number of benzene rings is 1. The molecular weight excluding hydrogens is 328 g/mol. The van der Waals surface area contributed by atoms with Crippen molar-refractivity contribution in [3.05, 3.63) is 41.1 Å². The van der Waals surface area contributed by atoms with Crippen molar-refractivity contribution in [1.29, 1.82) is 5.26 Å². The van der Waals surface area contributed by atoms with E-state index in [-0.39, 0.29) is 11.6 Å². The number of nitrogens with one attached hydrogen (secondary N) is 2. The van der Waals surface area contributed by atoms with Gasteiger partial charge in [-0.1, -0.05) is 17.7 Å². The second kappa shape index (κ2) is 11.2. The predicted octanol–water partition coefficient (Wildman–Crippen LogP) is 2.52. The number of hydrogen-bond donors (Lipinski definition) is 2. The lowest BCUT2D eigenvalue weighted by atomic mass is 10.0. The number of aryl methyl sites for hydroxylation is 1. The molecule has 0 radical (unpaired) electrons. The largest absolute Gasteiger partial charge is 0.494 e. The lowest BCUT2D eigenvalue weighted by molar-refractivity contribution is -0.117. The average molecular weight is 358 g/mol. The Hall–Kier alpha value is -2.52. The molecular formula is C20H30N4O2. The monoisotopic (exact) mass is 358 g/mol. The summed E-state index contributed by atoms with van der Waals surface area (Å²) in [7, 11) is 4.01. The molecule has 0 aliphatic heterocycles. The van der Waals surface area contributed by atoms with E-state index in [2.05, 4.69) is 15.5 Å². The van der Waals surface area contributed by atoms with E-state index < -0.39 is 5.91 Å². The molecule has 6 nitrogen and oxygen atoms in total. The van der Waals surface area contributed by atoms with Crippen molar-refractivity contribution in [3.63, 3.8) is 0 Å². The first-order valence-electron chi connectivity index (χ1n) is 8.91. The number of carbonyl (C=O) groups is 1. The minimum atomic E-state index is -0.399. The Kier molecular flexibility index (Phi) is 9.24. The zero-order valence-corrected chi connectivity index (χ0v) is 16.4. The Bertz CT molecular complexity index is 662. The lowest BCUT2D eigenvalue weighted by Crippen LogP contribution is -2.29. The molecule has 1 aromatic rings. The summed E-state index contributed by atoms with van der Waals surface area (Å²) in [5, 5.41) is 15.2. The molecule has 0 saturated carbocycles. The van der Waals surface area contributed by atoms with Crippen molar-refractivity contribution < 1.29 is 9.53 Å². The van der Waals surface area contributed by atoms with E-state index in [4.69, 9.17) is 4.74 Å². The van der Waals surface area contributed by atoms with Crippen LogP contribution in [0.5, 0.6) is 5.75 Å². The van der Waals surface area contributed by atoms with Crippen LogP contribution in [0.4, 0.5) is 0 Å². The fourth-order valence-corrected chi connectivity index (χ4v) is 2.47. The van der Waals surface area contributed by atoms with Gasteiger partial charge < -0.3 is 20.3 Å². The van der Waals surface area contributed by atoms with Crippen LogP contribution >= 0.6 is 0 Å². The van der Waals surface area contributed by atoms with Gasteiger partial charge in [-0.2, -0.15) is 5.26 Å². The Balaban J connectivity index is 2.72. The highest BCUT2D eigenvalue weighted by molar-refractivity contribution is 5.97. The molecule has 0 bridgehead atoms. The zero-order valence-electron chi connectivity index (χ0n) is 16.4. The lowest BCUT2D eigenvalue weighted by Gasteiger charge is -2.18. The standard InChI is InChI=1S/C20H30N4O2/c1-6-26-19-9-8-15(2)12-18(19)16(3)23-20(25)17(13-21)14-22-10-7-11-24(4)5/h8-9,12,14,16,22H,6-7,10-11H2,1-5H3,(H,23,25)/b17-14-. The number of carbonyl (C=O) groups excluding carboxylic acids is 1. The Morgan fingerprint density at radius 1 is 1.42 bits per heavy atom. The predicted molar refractivity (Wildman–Crippen MR) is 104 cm³/mol. The molecule has 1 atom stereocenters. The highest BCUT2D eigenvalue weighted by atomic mass is 16.5. The van der Waals surface area contributed by atoms with Gasteiger partial charge in [0, 0.05) is 18.3 Å². The van der Waals surface area contributed by atoms with E-state index in [1.165, 1.54) is 6.20 Å². The smallest absolute Gasteiger partial charge is 0.263 e. The first kappa shape index (κ1) is 21.5. The molecule has 1 rings (SSSR count). The van der Waals surface area contributed by atoms with Gasteiger partial charge in [-0.25, -0.2) is 0 Å². The maximum absolute atomic E-state index is 12.4. The third-order valence-corrected chi connectivity index (χ3v) is 3.82. The molecule has 0 aliphatic carbocycles. The molecule has 26 heavy (non-hydrogen) atoms. The van der Waals surface area contributed by atoms with Crippen molar-refractivity contribution in [2.24, 2.45) is 0 Å². The van der Waals surface area contributed by atoms with Crippen molar-refractivity contribution in [2.45, 2.75) is 33.2 Å². The summed E-state index contributed by atoms with van der Waals surface area (Å²) >= 11 is 0. The highest BCUT2D eigenvalue weighted by Gasteiger charge is 2.17. The van der Waals surface area contributed by atoms with E-state index in [0.717, 1.165) is 29.8 Å². The normalized spacial score (nSPS) is 12.4. The number of nitrogens with zero attached hydrogens (tertiary/aromatic N) is 2. The third kappa shape index (κ3) is 7.16. The summed E-state index contributed by atoms with van der Waals surface area (Å²) in [5.74, 6) is 0.347. The SMILES string of the molecule is CCOc1ccc(C)cc1C(C)NC(=O)/C(C#N)=C\NCCCN(C)C. The molecule has 1 amide bonds. The van der Waals surface area contributed by atoms with E-state index >= 15 is 0 Å².